The van der Waals surface area contributed by atoms with Crippen LogP contribution >= 0.6 is 0 Å². The molecule has 1 aliphatic carbocycles. The van der Waals surface area contributed by atoms with E-state index in [-0.39, 0.29) is 12.5 Å². The number of fused-ring (bicyclic) bond motifs is 3. The number of aliphatic carboxylic acids is 1. The fourth-order valence-corrected chi connectivity index (χ4v) is 3.64. The molecule has 3 aromatic rings. The normalized spacial score (nSPS) is 13.1. The maximum Gasteiger partial charge on any atom is 0.421 e. The number of nitrogens with two attached hydrogens (primary N) is 1. The van der Waals surface area contributed by atoms with Gasteiger partial charge in [-0.25, -0.2) is 9.36 Å². The lowest BCUT2D eigenvalue weighted by Crippen LogP contribution is -2.36. The zero-order chi connectivity index (χ0) is 24.0. The van der Waals surface area contributed by atoms with Gasteiger partial charge in [-0.2, -0.15) is 0 Å². The Labute approximate surface area is 192 Å². The zero-order valence-electron chi connectivity index (χ0n) is 18.7. The molecule has 1 aliphatic rings. The van der Waals surface area contributed by atoms with Crippen molar-refractivity contribution >= 4 is 12.1 Å². The van der Waals surface area contributed by atoms with Gasteiger partial charge in [0, 0.05) is 12.3 Å². The second-order valence-electron chi connectivity index (χ2n) is 7.99. The first-order valence-corrected chi connectivity index (χ1v) is 10.9. The number of carboxylic acid groups (broad SMARTS) is 1. The highest BCUT2D eigenvalue weighted by Crippen LogP contribution is 2.38. The smallest absolute Gasteiger partial charge is 0.421 e. The average Bonchev–Trinajstić information content (AvgIpc) is 3.21. The molecule has 4 rings (SSSR count). The first-order chi connectivity index (χ1) is 15.8. The summed E-state index contributed by atoms with van der Waals surface area (Å²) in [7, 11) is 0. The van der Waals surface area contributed by atoms with Crippen LogP contribution in [-0.2, 0) is 22.6 Å². The second-order valence-corrected chi connectivity index (χ2v) is 7.99. The number of ether oxygens (including phenoxy) is 1. The van der Waals surface area contributed by atoms with Gasteiger partial charge >= 0.3 is 12.1 Å². The minimum atomic E-state index is -0.913. The number of hydrogen-bond donors (Lipinski definition) is 2. The summed E-state index contributed by atoms with van der Waals surface area (Å²) >= 11 is 0. The van der Waals surface area contributed by atoms with Gasteiger partial charge in [0.05, 0.1) is 0 Å². The van der Waals surface area contributed by atoms with Crippen molar-refractivity contribution in [1.82, 2.24) is 4.57 Å². The van der Waals surface area contributed by atoms with Gasteiger partial charge in [0.15, 0.2) is 0 Å². The number of nitrogens with zero attached hydrogens (tertiary/aromatic N) is 1. The van der Waals surface area contributed by atoms with Crippen LogP contribution in [-0.4, -0.2) is 27.8 Å². The van der Waals surface area contributed by atoms with Crippen LogP contribution in [0, 0.1) is 5.92 Å². The predicted octanol–water partition coefficient (Wildman–Crippen LogP) is 4.05. The molecule has 0 fully saturated rings. The Morgan fingerprint density at radius 3 is 2.42 bits per heavy atom. The highest BCUT2D eigenvalue weighted by atomic mass is 16.5. The fourth-order valence-electron chi connectivity index (χ4n) is 3.64. The van der Waals surface area contributed by atoms with E-state index >= 15 is 0 Å². The highest BCUT2D eigenvalue weighted by molar-refractivity contribution is 5.78. The summed E-state index contributed by atoms with van der Waals surface area (Å²) in [6.45, 7) is 3.91. The van der Waals surface area contributed by atoms with Crippen molar-refractivity contribution in [2.45, 2.75) is 39.3 Å². The molecule has 7 heteroatoms. The molecule has 33 heavy (non-hydrogen) atoms. The third-order valence-electron chi connectivity index (χ3n) is 5.86. The molecule has 0 amide bonds. The van der Waals surface area contributed by atoms with Crippen LogP contribution in [0.3, 0.4) is 0 Å². The molecule has 2 atom stereocenters. The lowest BCUT2D eigenvalue weighted by Gasteiger charge is -2.11. The van der Waals surface area contributed by atoms with E-state index in [2.05, 4.69) is 18.2 Å². The predicted molar refractivity (Wildman–Crippen MR) is 126 cm³/mol. The Kier molecular flexibility index (Phi) is 7.79. The van der Waals surface area contributed by atoms with E-state index in [1.54, 1.807) is 12.1 Å². The van der Waals surface area contributed by atoms with Gasteiger partial charge in [-0.15, -0.1) is 0 Å². The lowest BCUT2D eigenvalue weighted by molar-refractivity contribution is -0.139. The van der Waals surface area contributed by atoms with Gasteiger partial charge in [-0.1, -0.05) is 68.8 Å². The van der Waals surface area contributed by atoms with Crippen molar-refractivity contribution in [2.24, 2.45) is 11.7 Å². The highest BCUT2D eigenvalue weighted by Gasteiger charge is 2.21. The number of pyridine rings is 1. The maximum atomic E-state index is 12.1. The standard InChI is InChI=1S/C20H15NO3.C6H13NO2/c22-19-10-3-4-11-21(19)20(23)24-13-15-7-5-9-17-16-8-2-1-6-14(16)12-18(15)17;1-3-4(2)5(7)6(8)9/h1-11H,12-13H2;4-5H,3,7H2,1-2H3,(H,8,9). The van der Waals surface area contributed by atoms with E-state index in [1.807, 2.05) is 38.1 Å². The third kappa shape index (κ3) is 5.56. The van der Waals surface area contributed by atoms with E-state index in [9.17, 15) is 14.4 Å². The molecule has 0 aliphatic heterocycles. The summed E-state index contributed by atoms with van der Waals surface area (Å²) in [5.41, 5.74) is 10.7. The van der Waals surface area contributed by atoms with Crippen molar-refractivity contribution in [1.29, 1.82) is 0 Å². The van der Waals surface area contributed by atoms with Crippen LogP contribution < -0.4 is 11.3 Å². The number of hydrogen-bond acceptors (Lipinski definition) is 5. The molecule has 7 nitrogen and oxygen atoms in total. The van der Waals surface area contributed by atoms with Gasteiger partial charge in [0.2, 0.25) is 0 Å². The molecule has 1 aromatic heterocycles. The van der Waals surface area contributed by atoms with Gasteiger partial charge in [-0.3, -0.25) is 9.59 Å². The molecule has 2 unspecified atom stereocenters. The Morgan fingerprint density at radius 2 is 1.76 bits per heavy atom. The number of aromatic nitrogens is 1. The van der Waals surface area contributed by atoms with E-state index in [1.165, 1.54) is 34.5 Å². The van der Waals surface area contributed by atoms with E-state index in [0.717, 1.165) is 23.0 Å². The van der Waals surface area contributed by atoms with Crippen LogP contribution in [0.25, 0.3) is 11.1 Å². The van der Waals surface area contributed by atoms with Crippen LogP contribution in [0.5, 0.6) is 0 Å². The maximum absolute atomic E-state index is 12.1. The summed E-state index contributed by atoms with van der Waals surface area (Å²) in [4.78, 5) is 33.9. The number of carbonyl (C=O) groups is 2. The zero-order valence-corrected chi connectivity index (χ0v) is 18.7. The van der Waals surface area contributed by atoms with Crippen molar-refractivity contribution in [3.8, 4) is 11.1 Å². The quantitative estimate of drug-likeness (QED) is 0.476. The van der Waals surface area contributed by atoms with Gasteiger partial charge < -0.3 is 15.6 Å². The number of carbonyl (C=O) groups excluding carboxylic acids is 1. The third-order valence-corrected chi connectivity index (χ3v) is 5.86. The Morgan fingerprint density at radius 1 is 1.06 bits per heavy atom. The summed E-state index contributed by atoms with van der Waals surface area (Å²) in [6, 6.07) is 18.2. The summed E-state index contributed by atoms with van der Waals surface area (Å²) in [6.07, 6.45) is 2.40. The molecule has 3 N–H and O–H groups in total. The Bertz CT molecular complexity index is 1200. The van der Waals surface area contributed by atoms with Crippen molar-refractivity contribution in [3.05, 3.63) is 93.9 Å². The fraction of sp³-hybridized carbons (Fsp3) is 0.269. The van der Waals surface area contributed by atoms with Crippen LogP contribution in [0.2, 0.25) is 0 Å². The topological polar surface area (TPSA) is 112 Å². The molecule has 0 spiro atoms. The molecule has 0 saturated carbocycles. The molecular weight excluding hydrogens is 420 g/mol. The summed E-state index contributed by atoms with van der Waals surface area (Å²) in [5, 5.41) is 8.36. The molecule has 0 radical (unpaired) electrons. The van der Waals surface area contributed by atoms with E-state index in [4.69, 9.17) is 15.6 Å². The number of rotatable bonds is 5. The first-order valence-electron chi connectivity index (χ1n) is 10.9. The molecule has 0 saturated heterocycles. The first kappa shape index (κ1) is 23.9. The summed E-state index contributed by atoms with van der Waals surface area (Å²) < 4.78 is 6.31. The van der Waals surface area contributed by atoms with Gasteiger partial charge in [0.1, 0.15) is 12.6 Å². The molecule has 2 aromatic carbocycles. The largest absolute Gasteiger partial charge is 0.480 e. The van der Waals surface area contributed by atoms with E-state index in [0.29, 0.717) is 0 Å². The number of carboxylic acids is 1. The Hall–Kier alpha value is -3.71. The van der Waals surface area contributed by atoms with Crippen molar-refractivity contribution in [3.63, 3.8) is 0 Å². The van der Waals surface area contributed by atoms with Crippen LogP contribution in [0.15, 0.2) is 71.7 Å². The van der Waals surface area contributed by atoms with Gasteiger partial charge in [-0.05, 0) is 46.2 Å². The molecule has 1 heterocycles. The van der Waals surface area contributed by atoms with Crippen LogP contribution in [0.4, 0.5) is 4.79 Å². The minimum Gasteiger partial charge on any atom is -0.480 e. The molecule has 172 valence electrons. The van der Waals surface area contributed by atoms with Crippen molar-refractivity contribution in [2.75, 3.05) is 0 Å². The van der Waals surface area contributed by atoms with E-state index < -0.39 is 23.7 Å². The Balaban J connectivity index is 0.000000292. The minimum absolute atomic E-state index is 0.0718. The number of benzene rings is 2. The molecular formula is C26H28N2O5. The monoisotopic (exact) mass is 448 g/mol. The van der Waals surface area contributed by atoms with Gasteiger partial charge in [0.25, 0.3) is 5.56 Å². The summed E-state index contributed by atoms with van der Waals surface area (Å²) in [5.74, 6) is -0.841. The van der Waals surface area contributed by atoms with Crippen molar-refractivity contribution < 1.29 is 19.4 Å². The SMILES string of the molecule is CCC(C)C(N)C(=O)O.O=C(OCc1cccc2c1Cc1ccccc1-2)n1ccccc1=O. The lowest BCUT2D eigenvalue weighted by atomic mass is 10.0. The second kappa shape index (κ2) is 10.7. The van der Waals surface area contributed by atoms with Crippen LogP contribution in [0.1, 0.15) is 37.0 Å². The average molecular weight is 449 g/mol. The molecule has 0 bridgehead atoms.